The monoisotopic (exact) mass is 269 g/mol. The average Bonchev–Trinajstić information content (AvgIpc) is 2.83. The minimum atomic E-state index is 0.580. The van der Waals surface area contributed by atoms with E-state index in [1.807, 2.05) is 10.9 Å². The Labute approximate surface area is 116 Å². The minimum Gasteiger partial charge on any atom is -0.313 e. The molecule has 3 nitrogen and oxygen atoms in total. The molecule has 4 heteroatoms. The molecule has 104 valence electrons. The van der Waals surface area contributed by atoms with Crippen LogP contribution in [0.5, 0.6) is 0 Å². The highest BCUT2D eigenvalue weighted by Crippen LogP contribution is 2.10. The van der Waals surface area contributed by atoms with Gasteiger partial charge >= 0.3 is 0 Å². The number of hydrogen-bond donors (Lipinski definition) is 1. The van der Waals surface area contributed by atoms with E-state index in [-0.39, 0.29) is 0 Å². The van der Waals surface area contributed by atoms with Gasteiger partial charge in [0.1, 0.15) is 0 Å². The van der Waals surface area contributed by atoms with Crippen molar-refractivity contribution in [2.45, 2.75) is 52.6 Å². The molecule has 0 aliphatic heterocycles. The second-order valence-electron chi connectivity index (χ2n) is 4.63. The van der Waals surface area contributed by atoms with Gasteiger partial charge in [-0.15, -0.1) is 0 Å². The van der Waals surface area contributed by atoms with Gasteiger partial charge in [-0.05, 0) is 44.0 Å². The van der Waals surface area contributed by atoms with Crippen molar-refractivity contribution in [1.82, 2.24) is 15.1 Å². The zero-order valence-electron chi connectivity index (χ0n) is 12.0. The van der Waals surface area contributed by atoms with Gasteiger partial charge in [0, 0.05) is 24.5 Å². The van der Waals surface area contributed by atoms with Crippen molar-refractivity contribution in [1.29, 1.82) is 0 Å². The molecule has 1 aromatic rings. The Kier molecular flexibility index (Phi) is 8.18. The number of hydrogen-bond acceptors (Lipinski definition) is 3. The molecule has 1 unspecified atom stereocenters. The molecule has 0 aromatic carbocycles. The van der Waals surface area contributed by atoms with E-state index in [1.54, 1.807) is 0 Å². The second-order valence-corrected chi connectivity index (χ2v) is 5.78. The van der Waals surface area contributed by atoms with Crippen molar-refractivity contribution in [2.24, 2.45) is 0 Å². The van der Waals surface area contributed by atoms with Crippen molar-refractivity contribution in [3.63, 3.8) is 0 Å². The van der Waals surface area contributed by atoms with E-state index in [1.165, 1.54) is 29.9 Å². The highest BCUT2D eigenvalue weighted by Gasteiger charge is 2.10. The Morgan fingerprint density at radius 1 is 1.33 bits per heavy atom. The smallest absolute Gasteiger partial charge is 0.0522 e. The molecule has 0 fully saturated rings. The lowest BCUT2D eigenvalue weighted by atomic mass is 10.1. The highest BCUT2D eigenvalue weighted by molar-refractivity contribution is 7.99. The van der Waals surface area contributed by atoms with Gasteiger partial charge in [0.15, 0.2) is 0 Å². The maximum Gasteiger partial charge on any atom is 0.0522 e. The van der Waals surface area contributed by atoms with E-state index in [2.05, 4.69) is 49.1 Å². The summed E-state index contributed by atoms with van der Waals surface area (Å²) in [4.78, 5) is 0. The molecule has 0 bridgehead atoms. The Balaban J connectivity index is 2.42. The number of thioether (sulfide) groups is 1. The molecule has 1 atom stereocenters. The van der Waals surface area contributed by atoms with Crippen molar-refractivity contribution in [3.8, 4) is 0 Å². The van der Waals surface area contributed by atoms with Crippen LogP contribution in [0.3, 0.4) is 0 Å². The standard InChI is InChI=1S/C14H27N3S/c1-4-7-15-14(12-18-8-5-2)9-13-10-16-17(6-3)11-13/h10-11,14-15H,4-9,12H2,1-3H3. The zero-order valence-corrected chi connectivity index (χ0v) is 12.8. The summed E-state index contributed by atoms with van der Waals surface area (Å²) < 4.78 is 2.01. The maximum atomic E-state index is 4.35. The predicted molar refractivity (Wildman–Crippen MR) is 81.3 cm³/mol. The van der Waals surface area contributed by atoms with E-state index in [0.717, 1.165) is 19.5 Å². The first-order chi connectivity index (χ1) is 8.80. The molecule has 0 radical (unpaired) electrons. The van der Waals surface area contributed by atoms with Crippen molar-refractivity contribution in [2.75, 3.05) is 18.1 Å². The van der Waals surface area contributed by atoms with Crippen LogP contribution in [0.4, 0.5) is 0 Å². The van der Waals surface area contributed by atoms with E-state index in [9.17, 15) is 0 Å². The van der Waals surface area contributed by atoms with E-state index < -0.39 is 0 Å². The summed E-state index contributed by atoms with van der Waals surface area (Å²) in [5.41, 5.74) is 1.35. The summed E-state index contributed by atoms with van der Waals surface area (Å²) in [5, 5.41) is 7.99. The van der Waals surface area contributed by atoms with Gasteiger partial charge in [-0.3, -0.25) is 4.68 Å². The summed E-state index contributed by atoms with van der Waals surface area (Å²) in [5.74, 6) is 2.46. The largest absolute Gasteiger partial charge is 0.313 e. The first-order valence-corrected chi connectivity index (χ1v) is 8.28. The Hall–Kier alpha value is -0.480. The van der Waals surface area contributed by atoms with Crippen LogP contribution in [-0.4, -0.2) is 33.9 Å². The van der Waals surface area contributed by atoms with Gasteiger partial charge < -0.3 is 5.32 Å². The predicted octanol–water partition coefficient (Wildman–Crippen LogP) is 2.96. The van der Waals surface area contributed by atoms with Crippen molar-refractivity contribution < 1.29 is 0 Å². The van der Waals surface area contributed by atoms with E-state index in [4.69, 9.17) is 0 Å². The third-order valence-electron chi connectivity index (χ3n) is 2.84. The second kappa shape index (κ2) is 9.45. The molecule has 18 heavy (non-hydrogen) atoms. The molecular formula is C14H27N3S. The third kappa shape index (κ3) is 5.91. The quantitative estimate of drug-likeness (QED) is 0.662. The van der Waals surface area contributed by atoms with Gasteiger partial charge in [0.05, 0.1) is 6.20 Å². The summed E-state index contributed by atoms with van der Waals surface area (Å²) >= 11 is 2.05. The molecule has 0 amide bonds. The lowest BCUT2D eigenvalue weighted by Gasteiger charge is -2.17. The molecular weight excluding hydrogens is 242 g/mol. The van der Waals surface area contributed by atoms with Gasteiger partial charge in [0.25, 0.3) is 0 Å². The van der Waals surface area contributed by atoms with Gasteiger partial charge in [-0.2, -0.15) is 16.9 Å². The number of nitrogens with one attached hydrogen (secondary N) is 1. The molecule has 0 saturated heterocycles. The molecule has 1 heterocycles. The molecule has 0 saturated carbocycles. The van der Waals surface area contributed by atoms with Gasteiger partial charge in [-0.1, -0.05) is 13.8 Å². The third-order valence-corrected chi connectivity index (χ3v) is 4.18. The van der Waals surface area contributed by atoms with Crippen molar-refractivity contribution in [3.05, 3.63) is 18.0 Å². The molecule has 0 spiro atoms. The molecule has 0 aliphatic carbocycles. The Morgan fingerprint density at radius 2 is 2.17 bits per heavy atom. The molecule has 0 aliphatic rings. The fourth-order valence-electron chi connectivity index (χ4n) is 1.88. The van der Waals surface area contributed by atoms with Crippen LogP contribution >= 0.6 is 11.8 Å². The summed E-state index contributed by atoms with van der Waals surface area (Å²) in [6, 6.07) is 0.580. The Bertz CT molecular complexity index is 312. The first kappa shape index (κ1) is 15.6. The minimum absolute atomic E-state index is 0.580. The highest BCUT2D eigenvalue weighted by atomic mass is 32.2. The average molecular weight is 269 g/mol. The normalized spacial score (nSPS) is 12.8. The van der Waals surface area contributed by atoms with Crippen LogP contribution in [0.1, 0.15) is 39.2 Å². The van der Waals surface area contributed by atoms with Gasteiger partial charge in [0.2, 0.25) is 0 Å². The lowest BCUT2D eigenvalue weighted by Crippen LogP contribution is -2.34. The fourth-order valence-corrected chi connectivity index (χ4v) is 2.85. The Morgan fingerprint density at radius 3 is 2.78 bits per heavy atom. The summed E-state index contributed by atoms with van der Waals surface area (Å²) in [7, 11) is 0. The van der Waals surface area contributed by atoms with Crippen LogP contribution < -0.4 is 5.32 Å². The zero-order chi connectivity index (χ0) is 13.2. The summed E-state index contributed by atoms with van der Waals surface area (Å²) in [6.45, 7) is 8.66. The van der Waals surface area contributed by atoms with Crippen LogP contribution in [0.15, 0.2) is 12.4 Å². The lowest BCUT2D eigenvalue weighted by molar-refractivity contribution is 0.549. The number of nitrogens with zero attached hydrogens (tertiary/aromatic N) is 2. The van der Waals surface area contributed by atoms with E-state index >= 15 is 0 Å². The maximum absolute atomic E-state index is 4.35. The van der Waals surface area contributed by atoms with Crippen LogP contribution in [-0.2, 0) is 13.0 Å². The number of rotatable bonds is 10. The van der Waals surface area contributed by atoms with Gasteiger partial charge in [-0.25, -0.2) is 0 Å². The first-order valence-electron chi connectivity index (χ1n) is 7.12. The van der Waals surface area contributed by atoms with Crippen LogP contribution in [0, 0.1) is 0 Å². The van der Waals surface area contributed by atoms with E-state index in [0.29, 0.717) is 6.04 Å². The van der Waals surface area contributed by atoms with Crippen molar-refractivity contribution >= 4 is 11.8 Å². The van der Waals surface area contributed by atoms with Crippen LogP contribution in [0.2, 0.25) is 0 Å². The number of aryl methyl sites for hydroxylation is 1. The summed E-state index contributed by atoms with van der Waals surface area (Å²) in [6.07, 6.45) is 7.73. The topological polar surface area (TPSA) is 29.9 Å². The fraction of sp³-hybridized carbons (Fsp3) is 0.786. The number of aromatic nitrogens is 2. The molecule has 1 rings (SSSR count). The molecule has 1 N–H and O–H groups in total. The molecule has 1 aromatic heterocycles. The SMILES string of the molecule is CCCNC(CSCCC)Cc1cnn(CC)c1. The van der Waals surface area contributed by atoms with Crippen LogP contribution in [0.25, 0.3) is 0 Å².